The number of carbonyl (C=O) groups is 1. The maximum Gasteiger partial charge on any atom is 0.253 e. The number of carbonyl (C=O) groups excluding carboxylic acids is 1. The van der Waals surface area contributed by atoms with Gasteiger partial charge in [-0.25, -0.2) is 4.98 Å². The SMILES string of the molecule is Cn1ncc2cc(C(=O)NCc3cnn(Cc4ccccc4)c3)cnc21. The summed E-state index contributed by atoms with van der Waals surface area (Å²) >= 11 is 0. The van der Waals surface area contributed by atoms with E-state index in [1.165, 1.54) is 5.56 Å². The Kier molecular flexibility index (Phi) is 4.18. The van der Waals surface area contributed by atoms with Gasteiger partial charge in [0.2, 0.25) is 0 Å². The summed E-state index contributed by atoms with van der Waals surface area (Å²) in [4.78, 5) is 16.7. The average molecular weight is 346 g/mol. The number of nitrogens with zero attached hydrogens (tertiary/aromatic N) is 5. The van der Waals surface area contributed by atoms with Crippen LogP contribution in [0.15, 0.2) is 61.2 Å². The molecule has 4 rings (SSSR count). The molecule has 0 radical (unpaired) electrons. The molecule has 0 aliphatic heterocycles. The number of hydrogen-bond donors (Lipinski definition) is 1. The highest BCUT2D eigenvalue weighted by Crippen LogP contribution is 2.12. The molecule has 1 N–H and O–H groups in total. The first-order valence-electron chi connectivity index (χ1n) is 8.30. The number of fused-ring (bicyclic) bond motifs is 1. The van der Waals surface area contributed by atoms with Crippen LogP contribution in [0.2, 0.25) is 0 Å². The molecule has 26 heavy (non-hydrogen) atoms. The van der Waals surface area contributed by atoms with Gasteiger partial charge in [0, 0.05) is 36.9 Å². The van der Waals surface area contributed by atoms with E-state index in [0.29, 0.717) is 18.7 Å². The molecule has 0 atom stereocenters. The van der Waals surface area contributed by atoms with Crippen molar-refractivity contribution in [1.29, 1.82) is 0 Å². The molecule has 4 aromatic rings. The first-order valence-corrected chi connectivity index (χ1v) is 8.30. The van der Waals surface area contributed by atoms with Crippen LogP contribution in [0.5, 0.6) is 0 Å². The second-order valence-corrected chi connectivity index (χ2v) is 6.12. The molecule has 7 heteroatoms. The Morgan fingerprint density at radius 1 is 1.08 bits per heavy atom. The van der Waals surface area contributed by atoms with Gasteiger partial charge in [-0.3, -0.25) is 14.2 Å². The second-order valence-electron chi connectivity index (χ2n) is 6.12. The highest BCUT2D eigenvalue weighted by molar-refractivity contribution is 5.96. The van der Waals surface area contributed by atoms with Gasteiger partial charge in [-0.15, -0.1) is 0 Å². The summed E-state index contributed by atoms with van der Waals surface area (Å²) in [5.41, 5.74) is 3.40. The predicted octanol–water partition coefficient (Wildman–Crippen LogP) is 2.14. The molecule has 0 bridgehead atoms. The maximum absolute atomic E-state index is 12.4. The fraction of sp³-hybridized carbons (Fsp3) is 0.158. The van der Waals surface area contributed by atoms with E-state index in [2.05, 4.69) is 32.6 Å². The fourth-order valence-corrected chi connectivity index (χ4v) is 2.81. The number of aryl methyl sites for hydroxylation is 1. The number of pyridine rings is 1. The van der Waals surface area contributed by atoms with Gasteiger partial charge >= 0.3 is 0 Å². The number of nitrogens with one attached hydrogen (secondary N) is 1. The molecule has 0 saturated heterocycles. The topological polar surface area (TPSA) is 77.6 Å². The van der Waals surface area contributed by atoms with Gasteiger partial charge in [0.05, 0.1) is 24.5 Å². The Hall–Kier alpha value is -3.48. The van der Waals surface area contributed by atoms with Crippen LogP contribution >= 0.6 is 0 Å². The summed E-state index contributed by atoms with van der Waals surface area (Å²) < 4.78 is 3.54. The van der Waals surface area contributed by atoms with Crippen LogP contribution in [-0.4, -0.2) is 30.5 Å². The van der Waals surface area contributed by atoms with E-state index in [-0.39, 0.29) is 5.91 Å². The summed E-state index contributed by atoms with van der Waals surface area (Å²) in [5.74, 6) is -0.168. The van der Waals surface area contributed by atoms with Crippen LogP contribution < -0.4 is 5.32 Å². The van der Waals surface area contributed by atoms with Crippen molar-refractivity contribution in [2.45, 2.75) is 13.1 Å². The molecule has 3 aromatic heterocycles. The van der Waals surface area contributed by atoms with Gasteiger partial charge in [-0.1, -0.05) is 30.3 Å². The Bertz CT molecular complexity index is 1050. The van der Waals surface area contributed by atoms with E-state index in [1.54, 1.807) is 29.3 Å². The Balaban J connectivity index is 1.39. The number of benzene rings is 1. The third kappa shape index (κ3) is 3.32. The molecule has 7 nitrogen and oxygen atoms in total. The van der Waals surface area contributed by atoms with Crippen molar-refractivity contribution in [3.05, 3.63) is 77.9 Å². The predicted molar refractivity (Wildman–Crippen MR) is 97.5 cm³/mol. The van der Waals surface area contributed by atoms with E-state index < -0.39 is 0 Å². The summed E-state index contributed by atoms with van der Waals surface area (Å²) in [6.45, 7) is 1.12. The van der Waals surface area contributed by atoms with Crippen molar-refractivity contribution in [3.8, 4) is 0 Å². The van der Waals surface area contributed by atoms with Crippen molar-refractivity contribution in [2.24, 2.45) is 7.05 Å². The van der Waals surface area contributed by atoms with E-state index in [4.69, 9.17) is 0 Å². The zero-order chi connectivity index (χ0) is 17.9. The van der Waals surface area contributed by atoms with Crippen molar-refractivity contribution in [3.63, 3.8) is 0 Å². The van der Waals surface area contributed by atoms with Crippen LogP contribution in [-0.2, 0) is 20.1 Å². The molecule has 130 valence electrons. The van der Waals surface area contributed by atoms with Crippen molar-refractivity contribution >= 4 is 16.9 Å². The average Bonchev–Trinajstić information content (AvgIpc) is 3.27. The van der Waals surface area contributed by atoms with Gasteiger partial charge in [0.15, 0.2) is 5.65 Å². The lowest BCUT2D eigenvalue weighted by Gasteiger charge is -2.04. The summed E-state index contributed by atoms with van der Waals surface area (Å²) in [6, 6.07) is 11.9. The standard InChI is InChI=1S/C19H18N6O/c1-24-18-16(11-22-24)7-17(10-20-18)19(26)21-8-15-9-23-25(13-15)12-14-5-3-2-4-6-14/h2-7,9-11,13H,8,12H2,1H3,(H,21,26). The third-order valence-corrected chi connectivity index (χ3v) is 4.16. The van der Waals surface area contributed by atoms with Gasteiger partial charge in [-0.2, -0.15) is 10.2 Å². The van der Waals surface area contributed by atoms with Crippen molar-refractivity contribution in [1.82, 2.24) is 29.9 Å². The fourth-order valence-electron chi connectivity index (χ4n) is 2.81. The molecule has 1 aromatic carbocycles. The normalized spacial score (nSPS) is 11.0. The minimum atomic E-state index is -0.168. The molecule has 0 spiro atoms. The molecule has 0 unspecified atom stereocenters. The van der Waals surface area contributed by atoms with Crippen LogP contribution in [0.1, 0.15) is 21.5 Å². The molecule has 0 fully saturated rings. The van der Waals surface area contributed by atoms with Crippen LogP contribution in [0.3, 0.4) is 0 Å². The quantitative estimate of drug-likeness (QED) is 0.601. The zero-order valence-corrected chi connectivity index (χ0v) is 14.3. The van der Waals surface area contributed by atoms with Gasteiger partial charge in [0.1, 0.15) is 0 Å². The molecular formula is C19H18N6O. The molecule has 1 amide bonds. The monoisotopic (exact) mass is 346 g/mol. The van der Waals surface area contributed by atoms with E-state index in [9.17, 15) is 4.79 Å². The van der Waals surface area contributed by atoms with Gasteiger partial charge in [0.25, 0.3) is 5.91 Å². The van der Waals surface area contributed by atoms with Crippen molar-refractivity contribution in [2.75, 3.05) is 0 Å². The van der Waals surface area contributed by atoms with Gasteiger partial charge in [-0.05, 0) is 11.6 Å². The summed E-state index contributed by atoms with van der Waals surface area (Å²) in [6.07, 6.45) is 6.98. The Morgan fingerprint density at radius 2 is 1.92 bits per heavy atom. The lowest BCUT2D eigenvalue weighted by molar-refractivity contribution is 0.0950. The molecule has 0 saturated carbocycles. The lowest BCUT2D eigenvalue weighted by Crippen LogP contribution is -2.22. The number of aromatic nitrogens is 5. The molecule has 0 aliphatic carbocycles. The summed E-state index contributed by atoms with van der Waals surface area (Å²) in [7, 11) is 1.82. The van der Waals surface area contributed by atoms with E-state index >= 15 is 0 Å². The van der Waals surface area contributed by atoms with Gasteiger partial charge < -0.3 is 5.32 Å². The smallest absolute Gasteiger partial charge is 0.253 e. The van der Waals surface area contributed by atoms with Crippen molar-refractivity contribution < 1.29 is 4.79 Å². The highest BCUT2D eigenvalue weighted by Gasteiger charge is 2.10. The van der Waals surface area contributed by atoms with E-state index in [1.807, 2.05) is 36.1 Å². The van der Waals surface area contributed by atoms with Crippen LogP contribution in [0, 0.1) is 0 Å². The highest BCUT2D eigenvalue weighted by atomic mass is 16.1. The molecule has 3 heterocycles. The number of amides is 1. The molecule has 0 aliphatic rings. The number of hydrogen-bond acceptors (Lipinski definition) is 4. The Labute approximate surface area is 150 Å². The third-order valence-electron chi connectivity index (χ3n) is 4.16. The minimum absolute atomic E-state index is 0.168. The largest absolute Gasteiger partial charge is 0.348 e. The van der Waals surface area contributed by atoms with Crippen LogP contribution in [0.4, 0.5) is 0 Å². The molecular weight excluding hydrogens is 328 g/mol. The minimum Gasteiger partial charge on any atom is -0.348 e. The zero-order valence-electron chi connectivity index (χ0n) is 14.3. The van der Waals surface area contributed by atoms with Crippen LogP contribution in [0.25, 0.3) is 11.0 Å². The lowest BCUT2D eigenvalue weighted by atomic mass is 10.2. The van der Waals surface area contributed by atoms with E-state index in [0.717, 1.165) is 16.6 Å². The number of rotatable bonds is 5. The first kappa shape index (κ1) is 16.0. The Morgan fingerprint density at radius 3 is 2.77 bits per heavy atom. The first-order chi connectivity index (χ1) is 12.7. The summed E-state index contributed by atoms with van der Waals surface area (Å²) in [5, 5.41) is 12.2. The second kappa shape index (κ2) is 6.79. The maximum atomic E-state index is 12.4.